The molecule has 0 saturated heterocycles. The second kappa shape index (κ2) is 33.2. The van der Waals surface area contributed by atoms with Gasteiger partial charge in [0.05, 0.1) is 0 Å². The molecule has 0 amide bonds. The zero-order valence-electron chi connectivity index (χ0n) is 2.68. The van der Waals surface area contributed by atoms with Gasteiger partial charge in [-0.15, -0.1) is 0 Å². The minimum absolute atomic E-state index is 0. The molecule has 0 heterocycles. The Morgan fingerprint density at radius 1 is 1.17 bits per heavy atom. The average molecular weight is 345 g/mol. The third-order valence-electron chi connectivity index (χ3n) is 0. The Morgan fingerprint density at radius 3 is 1.17 bits per heavy atom. The molecule has 40 valence electrons. The molecular weight excluding hydrogens is 343 g/mol. The largest absolute Gasteiger partial charge is 0.234 e. The molecule has 0 N–H and O–H groups in total. The molecule has 0 aromatic heterocycles. The van der Waals surface area contributed by atoms with Crippen LogP contribution in [-0.4, -0.2) is 5.94 Å². The topological polar surface area (TPSA) is 17.1 Å². The fraction of sp³-hybridized carbons (Fsp3) is 0. The monoisotopic (exact) mass is 348 g/mol. The Morgan fingerprint density at radius 2 is 1.17 bits per heavy atom. The van der Waals surface area contributed by atoms with Crippen LogP contribution in [0.15, 0.2) is 6.58 Å². The maximum absolute atomic E-state index is 8.57. The first-order valence-electron chi connectivity index (χ1n) is 0.558. The molecule has 4 heteroatoms. The normalized spacial score (nSPS) is 1.33. The van der Waals surface area contributed by atoms with Crippen LogP contribution >= 0.6 is 0 Å². The average Bonchev–Trinajstić information content (AvgIpc) is 0.918. The fourth-order valence-corrected chi connectivity index (χ4v) is 0. The Labute approximate surface area is 75.2 Å². The quantitative estimate of drug-likeness (QED) is 0.446. The summed E-state index contributed by atoms with van der Waals surface area (Å²) in [6, 6.07) is 0. The molecule has 0 aliphatic heterocycles. The van der Waals surface area contributed by atoms with E-state index in [9.17, 15) is 0 Å². The van der Waals surface area contributed by atoms with Crippen LogP contribution in [0.25, 0.3) is 0 Å². The van der Waals surface area contributed by atoms with Crippen molar-refractivity contribution < 1.29 is 63.2 Å². The second-order valence-corrected chi connectivity index (χ2v) is 0.144. The van der Waals surface area contributed by atoms with E-state index in [2.05, 4.69) is 6.58 Å². The third kappa shape index (κ3) is 57.0. The molecule has 0 aromatic rings. The number of rotatable bonds is 0. The van der Waals surface area contributed by atoms with E-state index in [4.69, 9.17) is 4.79 Å². The van der Waals surface area contributed by atoms with Crippen LogP contribution in [-0.2, 0) is 63.2 Å². The molecule has 0 fully saturated rings. The number of hydrogen-bond donors (Lipinski definition) is 0. The van der Waals surface area contributed by atoms with Gasteiger partial charge in [-0.2, -0.15) is 0 Å². The predicted molar refractivity (Wildman–Crippen MR) is 11.3 cm³/mol. The molecule has 0 saturated carbocycles. The number of carbonyl (C=O) groups excluding carboxylic acids is 1. The van der Waals surface area contributed by atoms with E-state index < -0.39 is 0 Å². The van der Waals surface area contributed by atoms with Gasteiger partial charge >= 0.3 is 0 Å². The molecule has 1 nitrogen and oxygen atoms in total. The first-order chi connectivity index (χ1) is 1.41. The van der Waals surface area contributed by atoms with Crippen LogP contribution in [0.5, 0.6) is 0 Å². The van der Waals surface area contributed by atoms with Crippen molar-refractivity contribution in [1.82, 2.24) is 0 Å². The van der Waals surface area contributed by atoms with E-state index in [0.717, 1.165) is 0 Å². The van der Waals surface area contributed by atoms with E-state index >= 15 is 0 Å². The van der Waals surface area contributed by atoms with Crippen LogP contribution < -0.4 is 0 Å². The molecule has 0 bridgehead atoms. The summed E-state index contributed by atoms with van der Waals surface area (Å²) < 4.78 is 0. The maximum Gasteiger partial charge on any atom is 0.116 e. The fourth-order valence-electron chi connectivity index (χ4n) is 0. The number of hydrogen-bond acceptors (Lipinski definition) is 1. The molecule has 0 unspecified atom stereocenters. The molecule has 0 radical (unpaired) electrons. The summed E-state index contributed by atoms with van der Waals surface area (Å²) in [6.07, 6.45) is 0. The van der Waals surface area contributed by atoms with Crippen molar-refractivity contribution in [1.29, 1.82) is 0 Å². The molecule has 0 aliphatic carbocycles. The van der Waals surface area contributed by atoms with Crippen LogP contribution in [0.1, 0.15) is 0 Å². The van der Waals surface area contributed by atoms with Crippen molar-refractivity contribution in [2.45, 2.75) is 0 Å². The van der Waals surface area contributed by atoms with Crippen molar-refractivity contribution in [2.75, 3.05) is 0 Å². The Kier molecular flexibility index (Phi) is 147. The Balaban J connectivity index is -0.00000000667. The molecule has 0 spiro atoms. The first-order valence-corrected chi connectivity index (χ1v) is 0.558. The second-order valence-electron chi connectivity index (χ2n) is 0.144. The maximum atomic E-state index is 8.57. The first kappa shape index (κ1) is 26.5. The summed E-state index contributed by atoms with van der Waals surface area (Å²) in [5, 5.41) is 0. The predicted octanol–water partition coefficient (Wildman–Crippen LogP) is -0.00350. The summed E-state index contributed by atoms with van der Waals surface area (Å²) in [7, 11) is 0. The van der Waals surface area contributed by atoms with Crippen molar-refractivity contribution in [2.24, 2.45) is 0 Å². The van der Waals surface area contributed by atoms with Gasteiger partial charge in [0.1, 0.15) is 5.94 Å². The standard InChI is InChI=1S/C2H2O.3Ru/c1-2-3;;;/h1H2;;;. The summed E-state index contributed by atoms with van der Waals surface area (Å²) in [5.41, 5.74) is 0. The van der Waals surface area contributed by atoms with Crippen LogP contribution in [0, 0.1) is 0 Å². The molecule has 0 aliphatic rings. The smallest absolute Gasteiger partial charge is 0.116 e. The third-order valence-corrected chi connectivity index (χ3v) is 0. The zero-order valence-corrected chi connectivity index (χ0v) is 7.89. The van der Waals surface area contributed by atoms with Gasteiger partial charge in [0.2, 0.25) is 0 Å². The molecule has 6 heavy (non-hydrogen) atoms. The van der Waals surface area contributed by atoms with Crippen molar-refractivity contribution in [3.05, 3.63) is 6.58 Å². The summed E-state index contributed by atoms with van der Waals surface area (Å²) in [5.74, 6) is 1.25. The van der Waals surface area contributed by atoms with Crippen LogP contribution in [0.4, 0.5) is 0 Å². The van der Waals surface area contributed by atoms with Crippen molar-refractivity contribution >= 4 is 5.94 Å². The van der Waals surface area contributed by atoms with Crippen LogP contribution in [0.3, 0.4) is 0 Å². The summed E-state index contributed by atoms with van der Waals surface area (Å²) in [4.78, 5) is 8.57. The van der Waals surface area contributed by atoms with E-state index in [0.29, 0.717) is 0 Å². The molecule has 0 atom stereocenters. The van der Waals surface area contributed by atoms with Gasteiger partial charge in [0.25, 0.3) is 0 Å². The van der Waals surface area contributed by atoms with Gasteiger partial charge in [-0.25, -0.2) is 4.79 Å². The minimum atomic E-state index is 0. The van der Waals surface area contributed by atoms with Gasteiger partial charge in [-0.1, -0.05) is 0 Å². The molecule has 0 aromatic carbocycles. The van der Waals surface area contributed by atoms with E-state index in [1.165, 1.54) is 5.94 Å². The van der Waals surface area contributed by atoms with Gasteiger partial charge in [0.15, 0.2) is 0 Å². The Hall–Kier alpha value is 1.32. The van der Waals surface area contributed by atoms with E-state index in [1.807, 2.05) is 0 Å². The van der Waals surface area contributed by atoms with Gasteiger partial charge in [-0.3, -0.25) is 0 Å². The molecule has 0 rings (SSSR count). The van der Waals surface area contributed by atoms with Gasteiger partial charge < -0.3 is 0 Å². The van der Waals surface area contributed by atoms with E-state index in [1.54, 1.807) is 0 Å². The SMILES string of the molecule is C=C=O.[Ru].[Ru].[Ru]. The zero-order chi connectivity index (χ0) is 2.71. The Bertz CT molecular complexity index is 29.8. The van der Waals surface area contributed by atoms with E-state index in [-0.39, 0.29) is 58.4 Å². The minimum Gasteiger partial charge on any atom is -0.234 e. The van der Waals surface area contributed by atoms with Crippen LogP contribution in [0.2, 0.25) is 0 Å². The molecular formula is C2H2ORu3. The van der Waals surface area contributed by atoms with Gasteiger partial charge in [0, 0.05) is 58.4 Å². The summed E-state index contributed by atoms with van der Waals surface area (Å²) in [6.45, 7) is 2.68. The van der Waals surface area contributed by atoms with Gasteiger partial charge in [-0.05, 0) is 6.58 Å². The van der Waals surface area contributed by atoms with Crippen molar-refractivity contribution in [3.8, 4) is 0 Å². The van der Waals surface area contributed by atoms with Crippen molar-refractivity contribution in [3.63, 3.8) is 0 Å². The summed E-state index contributed by atoms with van der Waals surface area (Å²) >= 11 is 0.